The standard InChI is InChI=1S/C24H20F2N2O6/c1-32-21-11-15(24(31)34-14-23(30)28-19-4-2-3-17(26)12-19)5-10-20(21)33-13-22(29)27-18-8-6-16(25)7-9-18/h2-12H,13-14H2,1H3,(H,27,29)(H,28,30). The van der Waals surface area contributed by atoms with E-state index in [9.17, 15) is 23.2 Å². The fraction of sp³-hybridized carbons (Fsp3) is 0.125. The van der Waals surface area contributed by atoms with Crippen LogP contribution in [0.1, 0.15) is 10.4 Å². The number of amides is 2. The predicted octanol–water partition coefficient (Wildman–Crippen LogP) is 3.79. The van der Waals surface area contributed by atoms with Gasteiger partial charge in [0.1, 0.15) is 11.6 Å². The minimum atomic E-state index is -0.798. The molecule has 0 unspecified atom stereocenters. The summed E-state index contributed by atoms with van der Waals surface area (Å²) in [6, 6.07) is 14.6. The van der Waals surface area contributed by atoms with Gasteiger partial charge in [-0.05, 0) is 60.7 Å². The molecule has 3 aromatic carbocycles. The highest BCUT2D eigenvalue weighted by molar-refractivity contribution is 5.96. The lowest BCUT2D eigenvalue weighted by molar-refractivity contribution is -0.119. The van der Waals surface area contributed by atoms with E-state index in [-0.39, 0.29) is 29.4 Å². The molecule has 0 saturated heterocycles. The zero-order valence-corrected chi connectivity index (χ0v) is 18.0. The van der Waals surface area contributed by atoms with E-state index in [1.54, 1.807) is 0 Å². The van der Waals surface area contributed by atoms with Crippen molar-refractivity contribution < 1.29 is 37.4 Å². The molecule has 0 heterocycles. The second kappa shape index (κ2) is 11.4. The molecule has 0 spiro atoms. The summed E-state index contributed by atoms with van der Waals surface area (Å²) in [6.45, 7) is -0.947. The van der Waals surface area contributed by atoms with Gasteiger partial charge in [-0.3, -0.25) is 9.59 Å². The number of methoxy groups -OCH3 is 1. The monoisotopic (exact) mass is 470 g/mol. The van der Waals surface area contributed by atoms with Crippen LogP contribution in [0.25, 0.3) is 0 Å². The lowest BCUT2D eigenvalue weighted by Gasteiger charge is -2.12. The smallest absolute Gasteiger partial charge is 0.338 e. The van der Waals surface area contributed by atoms with Crippen LogP contribution in [-0.4, -0.2) is 38.1 Å². The zero-order chi connectivity index (χ0) is 24.5. The highest BCUT2D eigenvalue weighted by Crippen LogP contribution is 2.28. The maximum absolute atomic E-state index is 13.2. The van der Waals surface area contributed by atoms with Gasteiger partial charge in [-0.1, -0.05) is 6.07 Å². The van der Waals surface area contributed by atoms with Crippen LogP contribution in [0.15, 0.2) is 66.7 Å². The lowest BCUT2D eigenvalue weighted by Crippen LogP contribution is -2.21. The van der Waals surface area contributed by atoms with Crippen LogP contribution in [0.4, 0.5) is 20.2 Å². The molecule has 0 bridgehead atoms. The van der Waals surface area contributed by atoms with Gasteiger partial charge in [0.15, 0.2) is 24.7 Å². The summed E-state index contributed by atoms with van der Waals surface area (Å²) in [5, 5.41) is 4.96. The molecule has 34 heavy (non-hydrogen) atoms. The van der Waals surface area contributed by atoms with Crippen LogP contribution in [0.5, 0.6) is 11.5 Å². The Hall–Kier alpha value is -4.47. The minimum Gasteiger partial charge on any atom is -0.493 e. The van der Waals surface area contributed by atoms with Gasteiger partial charge in [0.05, 0.1) is 12.7 Å². The lowest BCUT2D eigenvalue weighted by atomic mass is 10.2. The molecule has 0 aliphatic carbocycles. The van der Waals surface area contributed by atoms with Crippen molar-refractivity contribution in [3.05, 3.63) is 83.9 Å². The second-order valence-electron chi connectivity index (χ2n) is 6.84. The van der Waals surface area contributed by atoms with Crippen LogP contribution < -0.4 is 20.1 Å². The Kier molecular flexibility index (Phi) is 8.11. The van der Waals surface area contributed by atoms with E-state index >= 15 is 0 Å². The Morgan fingerprint density at radius 1 is 0.765 bits per heavy atom. The summed E-state index contributed by atoms with van der Waals surface area (Å²) in [5.41, 5.74) is 0.715. The summed E-state index contributed by atoms with van der Waals surface area (Å²) in [7, 11) is 1.35. The van der Waals surface area contributed by atoms with Gasteiger partial charge in [-0.25, -0.2) is 13.6 Å². The topological polar surface area (TPSA) is 103 Å². The Balaban J connectivity index is 1.52. The normalized spacial score (nSPS) is 10.2. The summed E-state index contributed by atoms with van der Waals surface area (Å²) in [5.74, 6) is -2.51. The van der Waals surface area contributed by atoms with E-state index in [0.29, 0.717) is 5.69 Å². The summed E-state index contributed by atoms with van der Waals surface area (Å²) < 4.78 is 41.7. The number of ether oxygens (including phenoxy) is 3. The third kappa shape index (κ3) is 7.02. The van der Waals surface area contributed by atoms with E-state index in [1.807, 2.05) is 0 Å². The number of nitrogens with one attached hydrogen (secondary N) is 2. The van der Waals surface area contributed by atoms with E-state index in [1.165, 1.54) is 67.8 Å². The van der Waals surface area contributed by atoms with Gasteiger partial charge in [-0.15, -0.1) is 0 Å². The van der Waals surface area contributed by atoms with E-state index < -0.39 is 36.0 Å². The molecule has 0 aromatic heterocycles. The van der Waals surface area contributed by atoms with E-state index in [2.05, 4.69) is 10.6 Å². The van der Waals surface area contributed by atoms with Gasteiger partial charge in [-0.2, -0.15) is 0 Å². The largest absolute Gasteiger partial charge is 0.493 e. The molecular weight excluding hydrogens is 450 g/mol. The first-order chi connectivity index (χ1) is 16.3. The fourth-order valence-corrected chi connectivity index (χ4v) is 2.77. The third-order valence-corrected chi connectivity index (χ3v) is 4.33. The van der Waals surface area contributed by atoms with Crippen LogP contribution in [-0.2, 0) is 14.3 Å². The number of carbonyl (C=O) groups is 3. The number of benzene rings is 3. The molecule has 176 valence electrons. The molecule has 3 aromatic rings. The van der Waals surface area contributed by atoms with Crippen LogP contribution in [0.2, 0.25) is 0 Å². The Labute approximate surface area is 193 Å². The van der Waals surface area contributed by atoms with Gasteiger partial charge in [0, 0.05) is 11.4 Å². The van der Waals surface area contributed by atoms with Crippen molar-refractivity contribution in [1.29, 1.82) is 0 Å². The Morgan fingerprint density at radius 2 is 1.47 bits per heavy atom. The average Bonchev–Trinajstić information content (AvgIpc) is 2.82. The number of esters is 1. The number of hydrogen-bond acceptors (Lipinski definition) is 6. The van der Waals surface area contributed by atoms with E-state index in [0.717, 1.165) is 6.07 Å². The number of carbonyl (C=O) groups excluding carboxylic acids is 3. The zero-order valence-electron chi connectivity index (χ0n) is 18.0. The molecular formula is C24H20F2N2O6. The molecule has 0 radical (unpaired) electrons. The first kappa shape index (κ1) is 24.2. The summed E-state index contributed by atoms with van der Waals surface area (Å²) in [6.07, 6.45) is 0. The highest BCUT2D eigenvalue weighted by atomic mass is 19.1. The number of hydrogen-bond donors (Lipinski definition) is 2. The van der Waals surface area contributed by atoms with Crippen molar-refractivity contribution >= 4 is 29.2 Å². The molecule has 2 amide bonds. The molecule has 2 N–H and O–H groups in total. The molecule has 0 aliphatic heterocycles. The Bertz CT molecular complexity index is 1180. The van der Waals surface area contributed by atoms with Crippen LogP contribution >= 0.6 is 0 Å². The molecule has 10 heteroatoms. The molecule has 0 atom stereocenters. The predicted molar refractivity (Wildman–Crippen MR) is 119 cm³/mol. The third-order valence-electron chi connectivity index (χ3n) is 4.33. The molecule has 8 nitrogen and oxygen atoms in total. The summed E-state index contributed by atoms with van der Waals surface area (Å²) in [4.78, 5) is 36.2. The summed E-state index contributed by atoms with van der Waals surface area (Å²) >= 11 is 0. The van der Waals surface area contributed by atoms with Gasteiger partial charge in [0.25, 0.3) is 11.8 Å². The Morgan fingerprint density at radius 3 is 2.18 bits per heavy atom. The first-order valence-electron chi connectivity index (χ1n) is 9.93. The minimum absolute atomic E-state index is 0.0820. The number of halogens is 2. The fourth-order valence-electron chi connectivity index (χ4n) is 2.77. The molecule has 0 aliphatic rings. The molecule has 3 rings (SSSR count). The SMILES string of the molecule is COc1cc(C(=O)OCC(=O)Nc2cccc(F)c2)ccc1OCC(=O)Nc1ccc(F)cc1. The van der Waals surface area contributed by atoms with Crippen molar-refractivity contribution in [3.8, 4) is 11.5 Å². The molecule has 0 fully saturated rings. The van der Waals surface area contributed by atoms with E-state index in [4.69, 9.17) is 14.2 Å². The second-order valence-corrected chi connectivity index (χ2v) is 6.84. The number of rotatable bonds is 9. The average molecular weight is 470 g/mol. The first-order valence-corrected chi connectivity index (χ1v) is 9.93. The van der Waals surface area contributed by atoms with Crippen molar-refractivity contribution in [2.24, 2.45) is 0 Å². The van der Waals surface area contributed by atoms with Crippen LogP contribution in [0.3, 0.4) is 0 Å². The maximum atomic E-state index is 13.2. The van der Waals surface area contributed by atoms with Crippen LogP contribution in [0, 0.1) is 11.6 Å². The van der Waals surface area contributed by atoms with Gasteiger partial charge in [0.2, 0.25) is 0 Å². The van der Waals surface area contributed by atoms with Crippen molar-refractivity contribution in [3.63, 3.8) is 0 Å². The van der Waals surface area contributed by atoms with Gasteiger partial charge < -0.3 is 24.8 Å². The van der Waals surface area contributed by atoms with Gasteiger partial charge >= 0.3 is 5.97 Å². The van der Waals surface area contributed by atoms with Crippen molar-refractivity contribution in [2.75, 3.05) is 31.0 Å². The highest BCUT2D eigenvalue weighted by Gasteiger charge is 2.15. The molecule has 0 saturated carbocycles. The quantitative estimate of drug-likeness (QED) is 0.462. The van der Waals surface area contributed by atoms with Crippen molar-refractivity contribution in [2.45, 2.75) is 0 Å². The van der Waals surface area contributed by atoms with Crippen molar-refractivity contribution in [1.82, 2.24) is 0 Å². The maximum Gasteiger partial charge on any atom is 0.338 e. The number of anilines is 2.